The van der Waals surface area contributed by atoms with Gasteiger partial charge in [0.25, 0.3) is 0 Å². The topological polar surface area (TPSA) is 190 Å². The Morgan fingerprint density at radius 3 is 1.72 bits per heavy atom. The number of aliphatic hydroxyl groups is 3. The Labute approximate surface area is 318 Å². The number of aliphatic hydroxyl groups excluding tert-OH is 3. The molecule has 0 spiro atoms. The summed E-state index contributed by atoms with van der Waals surface area (Å²) >= 11 is 0. The molecular formula is C38H72N2O12P+. The van der Waals surface area contributed by atoms with Gasteiger partial charge in [-0.15, -0.1) is 0 Å². The van der Waals surface area contributed by atoms with Gasteiger partial charge in [-0.25, -0.2) is 4.57 Å². The second-order valence-electron chi connectivity index (χ2n) is 15.7. The normalized spacial score (nSPS) is 24.7. The predicted molar refractivity (Wildman–Crippen MR) is 202 cm³/mol. The standard InChI is InChI=1S/C38H71N2O12P/c1-7-8-9-10-11-12-13-14-15-16-17-18-19-20-21-22-24-48-26-30(27-50-53(46,47)49-25-23-40(4,5)6)51-38-32(35(43)36(44)37(45)52-38)39-31-33(41)28(2)29(3)34(31)42/h30-32,35-39,43-45H,7-27H2,1-6H3/p+1/t30-,32?,35?,36?,37?,38?/m1/s1. The lowest BCUT2D eigenvalue weighted by Gasteiger charge is -2.42. The molecule has 2 aliphatic rings. The van der Waals surface area contributed by atoms with E-state index < -0.39 is 69.0 Å². The second kappa shape index (κ2) is 25.2. The summed E-state index contributed by atoms with van der Waals surface area (Å²) in [6.45, 7) is 5.50. The number of carbonyl (C=O) groups is 2. The van der Waals surface area contributed by atoms with Gasteiger partial charge in [0.2, 0.25) is 0 Å². The summed E-state index contributed by atoms with van der Waals surface area (Å²) in [5, 5.41) is 34.3. The summed E-state index contributed by atoms with van der Waals surface area (Å²) in [5.41, 5.74) is 0.545. The third-order valence-corrected chi connectivity index (χ3v) is 11.0. The summed E-state index contributed by atoms with van der Waals surface area (Å²) in [7, 11) is 1.23. The summed E-state index contributed by atoms with van der Waals surface area (Å²) in [6, 6.07) is -2.70. The van der Waals surface area contributed by atoms with Crippen LogP contribution >= 0.6 is 7.82 Å². The predicted octanol–water partition coefficient (Wildman–Crippen LogP) is 4.70. The van der Waals surface area contributed by atoms with E-state index in [4.69, 9.17) is 23.3 Å². The van der Waals surface area contributed by atoms with Gasteiger partial charge in [-0.05, 0) is 20.3 Å². The van der Waals surface area contributed by atoms with E-state index >= 15 is 0 Å². The maximum absolute atomic E-state index is 12.8. The van der Waals surface area contributed by atoms with Gasteiger partial charge in [0, 0.05) is 17.8 Å². The molecule has 1 saturated heterocycles. The van der Waals surface area contributed by atoms with Crippen LogP contribution < -0.4 is 5.32 Å². The van der Waals surface area contributed by atoms with E-state index in [1.807, 2.05) is 21.1 Å². The van der Waals surface area contributed by atoms with Crippen molar-refractivity contribution in [3.05, 3.63) is 11.1 Å². The highest BCUT2D eigenvalue weighted by Crippen LogP contribution is 2.43. The van der Waals surface area contributed by atoms with Crippen LogP contribution in [-0.4, -0.2) is 133 Å². The minimum absolute atomic E-state index is 0.0388. The third-order valence-electron chi connectivity index (χ3n) is 9.97. The van der Waals surface area contributed by atoms with Gasteiger partial charge >= 0.3 is 7.82 Å². The number of nitrogens with one attached hydrogen (secondary N) is 1. The summed E-state index contributed by atoms with van der Waals surface area (Å²) < 4.78 is 40.9. The van der Waals surface area contributed by atoms with Crippen molar-refractivity contribution < 1.29 is 62.1 Å². The molecule has 0 radical (unpaired) electrons. The summed E-state index contributed by atoms with van der Waals surface area (Å²) in [5.74, 6) is -0.985. The lowest BCUT2D eigenvalue weighted by atomic mass is 9.99. The summed E-state index contributed by atoms with van der Waals surface area (Å²) in [4.78, 5) is 35.9. The highest BCUT2D eigenvalue weighted by Gasteiger charge is 2.49. The molecule has 53 heavy (non-hydrogen) atoms. The number of carbonyl (C=O) groups excluding carboxylic acids is 2. The van der Waals surface area contributed by atoms with Crippen LogP contribution in [0.15, 0.2) is 11.1 Å². The minimum atomic E-state index is -4.50. The molecule has 0 bridgehead atoms. The second-order valence-corrected chi connectivity index (χ2v) is 17.2. The molecule has 6 unspecified atom stereocenters. The molecule has 5 N–H and O–H groups in total. The van der Waals surface area contributed by atoms with Crippen LogP contribution in [0.3, 0.4) is 0 Å². The Kier molecular flexibility index (Phi) is 22.8. The molecule has 15 heteroatoms. The van der Waals surface area contributed by atoms with Crippen LogP contribution in [-0.2, 0) is 37.4 Å². The number of ketones is 2. The van der Waals surface area contributed by atoms with Crippen LogP contribution in [0.2, 0.25) is 0 Å². The molecule has 0 saturated carbocycles. The third kappa shape index (κ3) is 18.6. The van der Waals surface area contributed by atoms with Crippen LogP contribution in [0.5, 0.6) is 0 Å². The van der Waals surface area contributed by atoms with Gasteiger partial charge in [0.15, 0.2) is 24.1 Å². The lowest BCUT2D eigenvalue weighted by molar-refractivity contribution is -0.870. The highest BCUT2D eigenvalue weighted by atomic mass is 31.2. The molecule has 0 aromatic heterocycles. The van der Waals surface area contributed by atoms with Crippen molar-refractivity contribution in [2.24, 2.45) is 0 Å². The fourth-order valence-electron chi connectivity index (χ4n) is 6.33. The van der Waals surface area contributed by atoms with Crippen LogP contribution in [0.4, 0.5) is 0 Å². The number of ether oxygens (including phenoxy) is 3. The quantitative estimate of drug-likeness (QED) is 0.0292. The number of nitrogens with zero attached hydrogens (tertiary/aromatic N) is 1. The zero-order chi connectivity index (χ0) is 39.4. The van der Waals surface area contributed by atoms with E-state index in [9.17, 15) is 34.4 Å². The minimum Gasteiger partial charge on any atom is -0.388 e. The first kappa shape index (κ1) is 48.0. The number of likely N-dealkylation sites (N-methyl/N-ethyl adjacent to an activating group) is 1. The Bertz CT molecular complexity index is 1120. The van der Waals surface area contributed by atoms with Gasteiger partial charge in [-0.1, -0.05) is 103 Å². The maximum Gasteiger partial charge on any atom is 0.472 e. The van der Waals surface area contributed by atoms with Crippen LogP contribution in [0.1, 0.15) is 124 Å². The molecule has 14 nitrogen and oxygen atoms in total. The highest BCUT2D eigenvalue weighted by molar-refractivity contribution is 7.47. The SMILES string of the molecule is CCCCCCCCCCCCCCCCCCOC[C@H](COP(=O)(O)OCC[N+](C)(C)C)OC1OC(O)C(O)C(O)C1NC1C(=O)C(C)=C(C)C1=O. The zero-order valence-electron chi connectivity index (χ0n) is 33.3. The number of rotatable bonds is 30. The van der Waals surface area contributed by atoms with Crippen LogP contribution in [0, 0.1) is 0 Å². The molecule has 1 heterocycles. The first-order valence-corrected chi connectivity index (χ1v) is 21.4. The Morgan fingerprint density at radius 2 is 1.23 bits per heavy atom. The maximum atomic E-state index is 12.8. The van der Waals surface area contributed by atoms with Crippen LogP contribution in [0.25, 0.3) is 0 Å². The molecule has 1 aliphatic carbocycles. The van der Waals surface area contributed by atoms with Gasteiger partial charge in [0.1, 0.15) is 37.5 Å². The molecule has 7 atom stereocenters. The van der Waals surface area contributed by atoms with Crippen molar-refractivity contribution in [3.63, 3.8) is 0 Å². The first-order chi connectivity index (χ1) is 25.1. The summed E-state index contributed by atoms with van der Waals surface area (Å²) in [6.07, 6.45) is 12.0. The van der Waals surface area contributed by atoms with E-state index in [-0.39, 0.29) is 24.4 Å². The Hall–Kier alpha value is -1.13. The van der Waals surface area contributed by atoms with Gasteiger partial charge in [-0.3, -0.25) is 24.0 Å². The molecule has 1 fully saturated rings. The van der Waals surface area contributed by atoms with Crippen molar-refractivity contribution >= 4 is 19.4 Å². The largest absolute Gasteiger partial charge is 0.472 e. The number of unbranched alkanes of at least 4 members (excludes halogenated alkanes) is 15. The van der Waals surface area contributed by atoms with Gasteiger partial charge in [-0.2, -0.15) is 0 Å². The van der Waals surface area contributed by atoms with Crippen molar-refractivity contribution in [2.75, 3.05) is 54.1 Å². The van der Waals surface area contributed by atoms with E-state index in [1.54, 1.807) is 0 Å². The van der Waals surface area contributed by atoms with Crippen molar-refractivity contribution in [1.29, 1.82) is 0 Å². The smallest absolute Gasteiger partial charge is 0.388 e. The van der Waals surface area contributed by atoms with E-state index in [0.29, 0.717) is 17.6 Å². The number of hydrogen-bond donors (Lipinski definition) is 5. The molecule has 0 aromatic carbocycles. The first-order valence-electron chi connectivity index (χ1n) is 19.9. The van der Waals surface area contributed by atoms with E-state index in [2.05, 4.69) is 12.2 Å². The molecule has 2 rings (SSSR count). The number of hydrogen-bond acceptors (Lipinski definition) is 12. The van der Waals surface area contributed by atoms with Gasteiger partial charge in [0.05, 0.1) is 40.4 Å². The number of Topliss-reactive ketones (excluding diaryl/α,β-unsaturated/α-hetero) is 2. The molecule has 0 amide bonds. The number of phosphoric acid groups is 1. The lowest BCUT2D eigenvalue weighted by Crippen LogP contribution is -2.66. The average Bonchev–Trinajstić information content (AvgIpc) is 3.27. The fraction of sp³-hybridized carbons (Fsp3) is 0.895. The zero-order valence-corrected chi connectivity index (χ0v) is 34.2. The average molecular weight is 780 g/mol. The molecular weight excluding hydrogens is 707 g/mol. The van der Waals surface area contributed by atoms with Crippen molar-refractivity contribution in [2.45, 2.75) is 166 Å². The van der Waals surface area contributed by atoms with Gasteiger partial charge < -0.3 is 38.9 Å². The molecule has 1 aliphatic heterocycles. The Balaban J connectivity index is 1.86. The number of quaternary nitrogens is 1. The van der Waals surface area contributed by atoms with E-state index in [1.165, 1.54) is 97.3 Å². The van der Waals surface area contributed by atoms with Crippen molar-refractivity contribution in [3.8, 4) is 0 Å². The molecule has 0 aromatic rings. The monoisotopic (exact) mass is 779 g/mol. The van der Waals surface area contributed by atoms with E-state index in [0.717, 1.165) is 19.3 Å². The fourth-order valence-corrected chi connectivity index (χ4v) is 7.07. The van der Waals surface area contributed by atoms with Crippen molar-refractivity contribution in [1.82, 2.24) is 5.32 Å². The number of phosphoric ester groups is 1. The Morgan fingerprint density at radius 1 is 0.736 bits per heavy atom. The molecule has 310 valence electrons.